The van der Waals surface area contributed by atoms with Crippen molar-refractivity contribution in [3.8, 4) is 0 Å². The van der Waals surface area contributed by atoms with Crippen LogP contribution < -0.4 is 10.2 Å². The summed E-state index contributed by atoms with van der Waals surface area (Å²) in [6.45, 7) is 4.31. The van der Waals surface area contributed by atoms with Crippen molar-refractivity contribution in [2.75, 3.05) is 32.1 Å². The van der Waals surface area contributed by atoms with Crippen molar-refractivity contribution in [2.45, 2.75) is 12.8 Å². The van der Waals surface area contributed by atoms with E-state index in [1.807, 2.05) is 19.0 Å². The summed E-state index contributed by atoms with van der Waals surface area (Å²) in [5.41, 5.74) is 0. The van der Waals surface area contributed by atoms with Crippen LogP contribution in [0.5, 0.6) is 0 Å². The molecular formula is C9H17N5. The van der Waals surface area contributed by atoms with Gasteiger partial charge in [0, 0.05) is 26.6 Å². The van der Waals surface area contributed by atoms with Gasteiger partial charge in [0.25, 0.3) is 0 Å². The molecule has 1 saturated heterocycles. The predicted molar refractivity (Wildman–Crippen MR) is 55.5 cm³/mol. The first-order chi connectivity index (χ1) is 6.68. The second-order valence-corrected chi connectivity index (χ2v) is 4.16. The molecule has 14 heavy (non-hydrogen) atoms. The predicted octanol–water partition coefficient (Wildman–Crippen LogP) is 0.194. The van der Waals surface area contributed by atoms with E-state index < -0.39 is 0 Å². The van der Waals surface area contributed by atoms with E-state index in [0.717, 1.165) is 24.9 Å². The molecule has 2 heterocycles. The molecule has 2 rings (SSSR count). The maximum Gasteiger partial charge on any atom is 0.244 e. The molecule has 0 aliphatic carbocycles. The summed E-state index contributed by atoms with van der Waals surface area (Å²) in [4.78, 5) is 6.37. The highest BCUT2D eigenvalue weighted by atomic mass is 15.3. The smallest absolute Gasteiger partial charge is 0.244 e. The summed E-state index contributed by atoms with van der Waals surface area (Å²) >= 11 is 0. The zero-order chi connectivity index (χ0) is 10.1. The summed E-state index contributed by atoms with van der Waals surface area (Å²) in [6, 6.07) is 0. The lowest BCUT2D eigenvalue weighted by atomic mass is 9.98. The molecule has 1 aliphatic heterocycles. The third-order valence-electron chi connectivity index (χ3n) is 2.76. The Kier molecular flexibility index (Phi) is 2.41. The average Bonchev–Trinajstić information content (AvgIpc) is 2.71. The molecule has 1 aromatic rings. The van der Waals surface area contributed by atoms with Crippen LogP contribution in [0.1, 0.15) is 18.7 Å². The second kappa shape index (κ2) is 3.57. The number of H-pyrrole nitrogens is 1. The van der Waals surface area contributed by atoms with Crippen LogP contribution in [0.4, 0.5) is 5.95 Å². The van der Waals surface area contributed by atoms with Crippen molar-refractivity contribution in [1.29, 1.82) is 0 Å². The number of rotatable bonds is 2. The van der Waals surface area contributed by atoms with Crippen LogP contribution in [0.15, 0.2) is 0 Å². The van der Waals surface area contributed by atoms with Gasteiger partial charge in [-0.25, -0.2) is 0 Å². The van der Waals surface area contributed by atoms with Gasteiger partial charge in [-0.05, 0) is 12.5 Å². The van der Waals surface area contributed by atoms with E-state index in [0.29, 0.717) is 11.8 Å². The SMILES string of the molecule is CC1CNCC1c1nc(N(C)C)n[nH]1. The Balaban J connectivity index is 2.16. The number of nitrogens with zero attached hydrogens (tertiary/aromatic N) is 3. The van der Waals surface area contributed by atoms with Gasteiger partial charge >= 0.3 is 0 Å². The lowest BCUT2D eigenvalue weighted by molar-refractivity contribution is 0.547. The van der Waals surface area contributed by atoms with Gasteiger partial charge in [0.2, 0.25) is 5.95 Å². The van der Waals surface area contributed by atoms with E-state index in [9.17, 15) is 0 Å². The molecule has 0 spiro atoms. The van der Waals surface area contributed by atoms with Gasteiger partial charge in [-0.15, -0.1) is 5.10 Å². The fraction of sp³-hybridized carbons (Fsp3) is 0.778. The minimum Gasteiger partial charge on any atom is -0.346 e. The van der Waals surface area contributed by atoms with Crippen molar-refractivity contribution in [3.63, 3.8) is 0 Å². The molecule has 1 aromatic heterocycles. The van der Waals surface area contributed by atoms with E-state index >= 15 is 0 Å². The quantitative estimate of drug-likeness (QED) is 0.707. The summed E-state index contributed by atoms with van der Waals surface area (Å²) in [5.74, 6) is 2.89. The molecule has 1 fully saturated rings. The third kappa shape index (κ3) is 1.59. The molecular weight excluding hydrogens is 178 g/mol. The van der Waals surface area contributed by atoms with Gasteiger partial charge in [-0.3, -0.25) is 5.10 Å². The minimum absolute atomic E-state index is 0.483. The maximum atomic E-state index is 4.46. The molecule has 5 nitrogen and oxygen atoms in total. The molecule has 2 atom stereocenters. The Labute approximate surface area is 83.9 Å². The van der Waals surface area contributed by atoms with Crippen molar-refractivity contribution in [3.05, 3.63) is 5.82 Å². The van der Waals surface area contributed by atoms with Gasteiger partial charge in [0.05, 0.1) is 0 Å². The molecule has 2 unspecified atom stereocenters. The Morgan fingerprint density at radius 1 is 1.36 bits per heavy atom. The Bertz CT molecular complexity index is 306. The van der Waals surface area contributed by atoms with E-state index in [4.69, 9.17) is 0 Å². The first-order valence-corrected chi connectivity index (χ1v) is 4.99. The first kappa shape index (κ1) is 9.45. The van der Waals surface area contributed by atoms with Crippen molar-refractivity contribution < 1.29 is 0 Å². The van der Waals surface area contributed by atoms with E-state index in [1.165, 1.54) is 0 Å². The summed E-state index contributed by atoms with van der Waals surface area (Å²) < 4.78 is 0. The van der Waals surface area contributed by atoms with Gasteiger partial charge in [0.15, 0.2) is 0 Å². The molecule has 1 aliphatic rings. The van der Waals surface area contributed by atoms with Crippen molar-refractivity contribution >= 4 is 5.95 Å². The molecule has 0 saturated carbocycles. The number of aromatic nitrogens is 3. The number of aromatic amines is 1. The number of hydrogen-bond donors (Lipinski definition) is 2. The fourth-order valence-electron chi connectivity index (χ4n) is 1.81. The summed E-state index contributed by atoms with van der Waals surface area (Å²) in [7, 11) is 3.90. The highest BCUT2D eigenvalue weighted by Gasteiger charge is 2.27. The van der Waals surface area contributed by atoms with Crippen LogP contribution in [0.2, 0.25) is 0 Å². The number of hydrogen-bond acceptors (Lipinski definition) is 4. The number of anilines is 1. The average molecular weight is 195 g/mol. The van der Waals surface area contributed by atoms with E-state index in [-0.39, 0.29) is 0 Å². The van der Waals surface area contributed by atoms with Crippen molar-refractivity contribution in [1.82, 2.24) is 20.5 Å². The van der Waals surface area contributed by atoms with E-state index in [2.05, 4.69) is 27.4 Å². The van der Waals surface area contributed by atoms with Gasteiger partial charge in [-0.2, -0.15) is 4.98 Å². The van der Waals surface area contributed by atoms with Gasteiger partial charge in [-0.1, -0.05) is 6.92 Å². The third-order valence-corrected chi connectivity index (χ3v) is 2.76. The van der Waals surface area contributed by atoms with Crippen LogP contribution >= 0.6 is 0 Å². The zero-order valence-corrected chi connectivity index (χ0v) is 8.91. The highest BCUT2D eigenvalue weighted by molar-refractivity contribution is 5.26. The van der Waals surface area contributed by atoms with Crippen LogP contribution in [-0.4, -0.2) is 42.4 Å². The Hall–Kier alpha value is -1.10. The fourth-order valence-corrected chi connectivity index (χ4v) is 1.81. The molecule has 0 aromatic carbocycles. The lowest BCUT2D eigenvalue weighted by Crippen LogP contribution is -2.12. The standard InChI is InChI=1S/C9H17N5/c1-6-4-10-5-7(6)8-11-9(13-12-8)14(2)3/h6-7,10H,4-5H2,1-3H3,(H,11,12,13). The lowest BCUT2D eigenvalue weighted by Gasteiger charge is -2.09. The highest BCUT2D eigenvalue weighted by Crippen LogP contribution is 2.25. The molecule has 78 valence electrons. The topological polar surface area (TPSA) is 56.8 Å². The molecule has 0 amide bonds. The normalized spacial score (nSPS) is 26.8. The van der Waals surface area contributed by atoms with Crippen molar-refractivity contribution in [2.24, 2.45) is 5.92 Å². The van der Waals surface area contributed by atoms with Gasteiger partial charge in [0.1, 0.15) is 5.82 Å². The molecule has 0 bridgehead atoms. The van der Waals surface area contributed by atoms with E-state index in [1.54, 1.807) is 0 Å². The maximum absolute atomic E-state index is 4.46. The van der Waals surface area contributed by atoms with Crippen LogP contribution in [-0.2, 0) is 0 Å². The molecule has 0 radical (unpaired) electrons. The molecule has 2 N–H and O–H groups in total. The number of nitrogens with one attached hydrogen (secondary N) is 2. The van der Waals surface area contributed by atoms with Crippen LogP contribution in [0, 0.1) is 5.92 Å². The molecule has 5 heteroatoms. The largest absolute Gasteiger partial charge is 0.346 e. The first-order valence-electron chi connectivity index (χ1n) is 4.99. The Morgan fingerprint density at radius 3 is 2.64 bits per heavy atom. The minimum atomic E-state index is 0.483. The zero-order valence-electron chi connectivity index (χ0n) is 8.91. The summed E-state index contributed by atoms with van der Waals surface area (Å²) in [6.07, 6.45) is 0. The second-order valence-electron chi connectivity index (χ2n) is 4.16. The monoisotopic (exact) mass is 195 g/mol. The van der Waals surface area contributed by atoms with Crippen LogP contribution in [0.3, 0.4) is 0 Å². The summed E-state index contributed by atoms with van der Waals surface area (Å²) in [5, 5.41) is 10.5. The van der Waals surface area contributed by atoms with Gasteiger partial charge < -0.3 is 10.2 Å². The Morgan fingerprint density at radius 2 is 2.14 bits per heavy atom. The van der Waals surface area contributed by atoms with Crippen LogP contribution in [0.25, 0.3) is 0 Å².